The van der Waals surface area contributed by atoms with Crippen LogP contribution >= 0.6 is 0 Å². The minimum atomic E-state index is -0.550. The van der Waals surface area contributed by atoms with Crippen LogP contribution in [0.2, 0.25) is 0 Å². The maximum atomic E-state index is 10.8. The van der Waals surface area contributed by atoms with Gasteiger partial charge in [0.15, 0.2) is 0 Å². The second kappa shape index (κ2) is 3.80. The van der Waals surface area contributed by atoms with Crippen molar-refractivity contribution in [3.8, 4) is 0 Å². The molecule has 1 radical (unpaired) electrons. The van der Waals surface area contributed by atoms with E-state index in [1.54, 1.807) is 24.3 Å². The topological polar surface area (TPSA) is 43.4 Å². The van der Waals surface area contributed by atoms with Crippen molar-refractivity contribution in [1.82, 2.24) is 0 Å². The molecule has 0 spiro atoms. The Hall–Kier alpha value is -0.00364. The summed E-state index contributed by atoms with van der Waals surface area (Å²) in [6, 6.07) is 6.53. The second-order valence-corrected chi connectivity index (χ2v) is 2.22. The summed E-state index contributed by atoms with van der Waals surface area (Å²) in [5, 5.41) is 0. The van der Waals surface area contributed by atoms with E-state index in [1.807, 2.05) is 0 Å². The van der Waals surface area contributed by atoms with Crippen molar-refractivity contribution in [2.45, 2.75) is 0 Å². The van der Waals surface area contributed by atoms with Gasteiger partial charge in [0.1, 0.15) is 0 Å². The van der Waals surface area contributed by atoms with Gasteiger partial charge in [-0.2, -0.15) is 0 Å². The summed E-state index contributed by atoms with van der Waals surface area (Å²) in [7, 11) is 0. The van der Waals surface area contributed by atoms with Gasteiger partial charge in [-0.15, -0.1) is 0 Å². The van der Waals surface area contributed by atoms with Crippen LogP contribution in [0.1, 0.15) is 20.7 Å². The molecule has 0 saturated heterocycles. The normalized spacial score (nSPS) is 13.3. The summed E-state index contributed by atoms with van der Waals surface area (Å²) in [6.45, 7) is 0. The average Bonchev–Trinajstić information content (AvgIpc) is 2.30. The van der Waals surface area contributed by atoms with Crippen LogP contribution in [0.4, 0.5) is 0 Å². The standard InChI is InChI=1S/C8H4O3.K/c9-7-5-3-1-2-4-6(5)8(10)11-7;/h1-4H;. The zero-order chi connectivity index (χ0) is 7.84. The fourth-order valence-corrected chi connectivity index (χ4v) is 1.03. The first-order chi connectivity index (χ1) is 5.29. The molecule has 0 N–H and O–H groups in total. The van der Waals surface area contributed by atoms with E-state index in [9.17, 15) is 9.59 Å². The van der Waals surface area contributed by atoms with Gasteiger partial charge < -0.3 is 4.74 Å². The smallest absolute Gasteiger partial charge is 0.346 e. The molecule has 0 amide bonds. The SMILES string of the molecule is O=C1OC(=O)c2ccccc21.[K]. The number of cyclic esters (lactones) is 2. The Morgan fingerprint density at radius 2 is 1.33 bits per heavy atom. The number of esters is 2. The van der Waals surface area contributed by atoms with Crippen LogP contribution in [-0.2, 0) is 4.74 Å². The number of hydrogen-bond acceptors (Lipinski definition) is 3. The summed E-state index contributed by atoms with van der Waals surface area (Å²) in [6.07, 6.45) is 0. The molecule has 4 heteroatoms. The van der Waals surface area contributed by atoms with Crippen LogP contribution in [0.15, 0.2) is 24.3 Å². The van der Waals surface area contributed by atoms with E-state index in [0.717, 1.165) is 0 Å². The number of hydrogen-bond donors (Lipinski definition) is 0. The summed E-state index contributed by atoms with van der Waals surface area (Å²) in [5.41, 5.74) is 0.718. The molecule has 1 aliphatic heterocycles. The number of benzene rings is 1. The van der Waals surface area contributed by atoms with Gasteiger partial charge in [-0.3, -0.25) is 0 Å². The van der Waals surface area contributed by atoms with E-state index >= 15 is 0 Å². The van der Waals surface area contributed by atoms with Gasteiger partial charge in [0.05, 0.1) is 11.1 Å². The van der Waals surface area contributed by atoms with Crippen molar-refractivity contribution < 1.29 is 14.3 Å². The van der Waals surface area contributed by atoms with Crippen LogP contribution in [0.25, 0.3) is 0 Å². The first kappa shape index (κ1) is 10.1. The molecule has 12 heavy (non-hydrogen) atoms. The molecule has 0 aromatic heterocycles. The number of carbonyl (C=O) groups excluding carboxylic acids is 2. The maximum absolute atomic E-state index is 10.8. The van der Waals surface area contributed by atoms with Crippen molar-refractivity contribution in [2.24, 2.45) is 0 Å². The van der Waals surface area contributed by atoms with E-state index in [4.69, 9.17) is 0 Å². The third kappa shape index (κ3) is 1.53. The fourth-order valence-electron chi connectivity index (χ4n) is 1.03. The monoisotopic (exact) mass is 187 g/mol. The predicted molar refractivity (Wildman–Crippen MR) is 41.9 cm³/mol. The molecule has 0 bridgehead atoms. The van der Waals surface area contributed by atoms with E-state index in [0.29, 0.717) is 11.1 Å². The van der Waals surface area contributed by atoms with Crippen LogP contribution in [0.3, 0.4) is 0 Å². The summed E-state index contributed by atoms with van der Waals surface area (Å²) >= 11 is 0. The van der Waals surface area contributed by atoms with Gasteiger partial charge in [-0.05, 0) is 12.1 Å². The number of ether oxygens (including phenoxy) is 1. The van der Waals surface area contributed by atoms with E-state index in [-0.39, 0.29) is 51.4 Å². The Morgan fingerprint density at radius 3 is 1.75 bits per heavy atom. The summed E-state index contributed by atoms with van der Waals surface area (Å²) < 4.78 is 4.35. The number of carbonyl (C=O) groups is 2. The van der Waals surface area contributed by atoms with E-state index in [1.165, 1.54) is 0 Å². The van der Waals surface area contributed by atoms with Crippen molar-refractivity contribution in [2.75, 3.05) is 0 Å². The Morgan fingerprint density at radius 1 is 0.917 bits per heavy atom. The van der Waals surface area contributed by atoms with Gasteiger partial charge in [-0.1, -0.05) is 12.1 Å². The summed E-state index contributed by atoms with van der Waals surface area (Å²) in [5.74, 6) is -1.10. The molecule has 1 heterocycles. The molecule has 0 fully saturated rings. The largest absolute Gasteiger partial charge is 0.386 e. The quantitative estimate of drug-likeness (QED) is 0.339. The molecule has 1 aromatic rings. The van der Waals surface area contributed by atoms with Crippen molar-refractivity contribution >= 4 is 63.3 Å². The molecule has 3 nitrogen and oxygen atoms in total. The molecule has 0 saturated carbocycles. The average molecular weight is 187 g/mol. The fraction of sp³-hybridized carbons (Fsp3) is 0. The molecular formula is C8H4KO3. The number of fused-ring (bicyclic) bond motifs is 1. The van der Waals surface area contributed by atoms with Crippen molar-refractivity contribution in [3.05, 3.63) is 35.4 Å². The van der Waals surface area contributed by atoms with Gasteiger partial charge in [0, 0.05) is 51.4 Å². The maximum Gasteiger partial charge on any atom is 0.346 e. The van der Waals surface area contributed by atoms with Crippen LogP contribution < -0.4 is 0 Å². The Kier molecular flexibility index (Phi) is 3.20. The zero-order valence-electron chi connectivity index (χ0n) is 6.53. The van der Waals surface area contributed by atoms with Crippen molar-refractivity contribution in [3.63, 3.8) is 0 Å². The Bertz CT molecular complexity index is 313. The zero-order valence-corrected chi connectivity index (χ0v) is 9.66. The minimum absolute atomic E-state index is 0. The first-order valence-corrected chi connectivity index (χ1v) is 3.14. The molecule has 0 atom stereocenters. The third-order valence-electron chi connectivity index (χ3n) is 1.55. The van der Waals surface area contributed by atoms with Crippen LogP contribution in [0, 0.1) is 0 Å². The molecule has 1 aromatic carbocycles. The molecule has 2 rings (SSSR count). The van der Waals surface area contributed by atoms with Crippen LogP contribution in [-0.4, -0.2) is 63.3 Å². The third-order valence-corrected chi connectivity index (χ3v) is 1.55. The second-order valence-electron chi connectivity index (χ2n) is 2.22. The molecular weight excluding hydrogens is 183 g/mol. The van der Waals surface area contributed by atoms with E-state index in [2.05, 4.69) is 4.74 Å². The summed E-state index contributed by atoms with van der Waals surface area (Å²) in [4.78, 5) is 21.7. The van der Waals surface area contributed by atoms with Crippen molar-refractivity contribution in [1.29, 1.82) is 0 Å². The van der Waals surface area contributed by atoms with Gasteiger partial charge in [0.25, 0.3) is 0 Å². The minimum Gasteiger partial charge on any atom is -0.386 e. The van der Waals surface area contributed by atoms with Gasteiger partial charge in [0.2, 0.25) is 0 Å². The number of rotatable bonds is 0. The molecule has 1 aliphatic rings. The predicted octanol–water partition coefficient (Wildman–Crippen LogP) is 0.616. The van der Waals surface area contributed by atoms with Gasteiger partial charge in [-0.25, -0.2) is 9.59 Å². The molecule has 0 unspecified atom stereocenters. The van der Waals surface area contributed by atoms with E-state index < -0.39 is 11.9 Å². The van der Waals surface area contributed by atoms with Crippen LogP contribution in [0.5, 0.6) is 0 Å². The Labute approximate surface area is 112 Å². The Balaban J connectivity index is 0.000000720. The molecule has 55 valence electrons. The first-order valence-electron chi connectivity index (χ1n) is 3.14. The van der Waals surface area contributed by atoms with Gasteiger partial charge >= 0.3 is 11.9 Å². The molecule has 0 aliphatic carbocycles.